The third-order valence-electron chi connectivity index (χ3n) is 2.00. The number of rotatable bonds is 8. The van der Waals surface area contributed by atoms with Crippen LogP contribution in [0.1, 0.15) is 23.2 Å². The highest BCUT2D eigenvalue weighted by Gasteiger charge is 2.06. The number of carbonyl (C=O) groups excluding carboxylic acids is 1. The van der Waals surface area contributed by atoms with Gasteiger partial charge in [-0.1, -0.05) is 0 Å². The van der Waals surface area contributed by atoms with Crippen molar-refractivity contribution < 1.29 is 9.53 Å². The van der Waals surface area contributed by atoms with Crippen LogP contribution in [0.25, 0.3) is 0 Å². The molecule has 0 aliphatic carbocycles. The van der Waals surface area contributed by atoms with Crippen molar-refractivity contribution in [1.29, 1.82) is 0 Å². The molecule has 0 saturated carbocycles. The molecule has 0 unspecified atom stereocenters. The summed E-state index contributed by atoms with van der Waals surface area (Å²) in [6, 6.07) is 0. The summed E-state index contributed by atoms with van der Waals surface area (Å²) in [5.41, 5.74) is 5.77. The van der Waals surface area contributed by atoms with Gasteiger partial charge in [-0.25, -0.2) is 14.8 Å². The topological polar surface area (TPSA) is 78.1 Å². The van der Waals surface area contributed by atoms with Crippen molar-refractivity contribution in [3.8, 4) is 0 Å². The Morgan fingerprint density at radius 1 is 1.29 bits per heavy atom. The summed E-state index contributed by atoms with van der Waals surface area (Å²) in [5, 5.41) is 0. The molecule has 1 aromatic heterocycles. The molecule has 0 saturated heterocycles. The van der Waals surface area contributed by atoms with Crippen LogP contribution in [0, 0.1) is 0 Å². The molecule has 0 fully saturated rings. The summed E-state index contributed by atoms with van der Waals surface area (Å²) in [5.74, 6) is 1.50. The number of hydrogen-bond donors (Lipinski definition) is 1. The highest BCUT2D eigenvalue weighted by molar-refractivity contribution is 7.99. The average molecular weight is 255 g/mol. The molecule has 0 amide bonds. The Kier molecular flexibility index (Phi) is 7.33. The molecule has 94 valence electrons. The van der Waals surface area contributed by atoms with Crippen LogP contribution >= 0.6 is 11.8 Å². The lowest BCUT2D eigenvalue weighted by Gasteiger charge is -2.04. The second-order valence-electron chi connectivity index (χ2n) is 3.37. The lowest BCUT2D eigenvalue weighted by atomic mass is 10.3. The molecule has 0 aliphatic heterocycles. The Bertz CT molecular complexity index is 322. The maximum absolute atomic E-state index is 11.5. The molecule has 0 atom stereocenters. The number of esters is 1. The van der Waals surface area contributed by atoms with Crippen LogP contribution in [0.15, 0.2) is 18.7 Å². The third kappa shape index (κ3) is 6.23. The second-order valence-corrected chi connectivity index (χ2v) is 4.60. The van der Waals surface area contributed by atoms with Crippen LogP contribution in [-0.4, -0.2) is 40.6 Å². The van der Waals surface area contributed by atoms with Crippen molar-refractivity contribution in [3.63, 3.8) is 0 Å². The van der Waals surface area contributed by atoms with E-state index < -0.39 is 0 Å². The smallest absolute Gasteiger partial charge is 0.341 e. The molecule has 6 heteroatoms. The molecule has 0 radical (unpaired) electrons. The molecule has 17 heavy (non-hydrogen) atoms. The molecular weight excluding hydrogens is 238 g/mol. The van der Waals surface area contributed by atoms with Crippen molar-refractivity contribution in [1.82, 2.24) is 9.97 Å². The fourth-order valence-electron chi connectivity index (χ4n) is 1.13. The Balaban J connectivity index is 2.05. The number of thioether (sulfide) groups is 1. The number of unbranched alkanes of at least 4 members (excludes halogenated alkanes) is 1. The summed E-state index contributed by atoms with van der Waals surface area (Å²) < 4.78 is 5.07. The van der Waals surface area contributed by atoms with Crippen LogP contribution in [0.4, 0.5) is 0 Å². The predicted octanol–water partition coefficient (Wildman–Crippen LogP) is 1.11. The minimum absolute atomic E-state index is 0.367. The molecule has 2 N–H and O–H groups in total. The van der Waals surface area contributed by atoms with E-state index in [0.717, 1.165) is 30.9 Å². The lowest BCUT2D eigenvalue weighted by molar-refractivity contribution is 0.0529. The Hall–Kier alpha value is -1.14. The van der Waals surface area contributed by atoms with Gasteiger partial charge in [0, 0.05) is 18.1 Å². The first-order chi connectivity index (χ1) is 8.34. The van der Waals surface area contributed by atoms with E-state index >= 15 is 0 Å². The maximum atomic E-state index is 11.5. The monoisotopic (exact) mass is 255 g/mol. The number of ether oxygens (including phenoxy) is 1. The highest BCUT2D eigenvalue weighted by atomic mass is 32.2. The molecule has 1 aromatic rings. The number of aromatic nitrogens is 2. The Morgan fingerprint density at radius 2 is 2.06 bits per heavy atom. The fourth-order valence-corrected chi connectivity index (χ4v) is 1.95. The summed E-state index contributed by atoms with van der Waals surface area (Å²) in [7, 11) is 0. The fraction of sp³-hybridized carbons (Fsp3) is 0.545. The van der Waals surface area contributed by atoms with Crippen LogP contribution in [-0.2, 0) is 4.74 Å². The first kappa shape index (κ1) is 13.9. The zero-order chi connectivity index (χ0) is 12.3. The van der Waals surface area contributed by atoms with E-state index in [-0.39, 0.29) is 5.97 Å². The van der Waals surface area contributed by atoms with Gasteiger partial charge in [0.05, 0.1) is 5.56 Å². The van der Waals surface area contributed by atoms with Gasteiger partial charge in [0.25, 0.3) is 0 Å². The number of nitrogens with two attached hydrogens (primary N) is 1. The van der Waals surface area contributed by atoms with Gasteiger partial charge in [-0.2, -0.15) is 11.8 Å². The van der Waals surface area contributed by atoms with Crippen LogP contribution in [0.3, 0.4) is 0 Å². The molecule has 0 bridgehead atoms. The second kappa shape index (κ2) is 8.95. The Morgan fingerprint density at radius 3 is 2.76 bits per heavy atom. The largest absolute Gasteiger partial charge is 0.461 e. The summed E-state index contributed by atoms with van der Waals surface area (Å²) in [4.78, 5) is 19.0. The Labute approximate surface area is 105 Å². The molecule has 5 nitrogen and oxygen atoms in total. The van der Waals surface area contributed by atoms with Gasteiger partial charge < -0.3 is 10.5 Å². The minimum atomic E-state index is -0.367. The van der Waals surface area contributed by atoms with Gasteiger partial charge in [-0.05, 0) is 25.1 Å². The van der Waals surface area contributed by atoms with Gasteiger partial charge >= 0.3 is 5.97 Å². The first-order valence-corrected chi connectivity index (χ1v) is 6.70. The van der Waals surface area contributed by atoms with E-state index in [0.29, 0.717) is 12.2 Å². The van der Waals surface area contributed by atoms with E-state index in [2.05, 4.69) is 9.97 Å². The first-order valence-electron chi connectivity index (χ1n) is 5.54. The van der Waals surface area contributed by atoms with Gasteiger partial charge in [-0.15, -0.1) is 0 Å². The van der Waals surface area contributed by atoms with Crippen molar-refractivity contribution in [3.05, 3.63) is 24.3 Å². The molecule has 1 heterocycles. The lowest BCUT2D eigenvalue weighted by Crippen LogP contribution is -2.08. The maximum Gasteiger partial charge on any atom is 0.341 e. The predicted molar refractivity (Wildman–Crippen MR) is 67.9 cm³/mol. The van der Waals surface area contributed by atoms with Crippen LogP contribution in [0.5, 0.6) is 0 Å². The quantitative estimate of drug-likeness (QED) is 0.553. The minimum Gasteiger partial charge on any atom is -0.461 e. The van der Waals surface area contributed by atoms with Crippen molar-refractivity contribution >= 4 is 17.7 Å². The summed E-state index contributed by atoms with van der Waals surface area (Å²) in [6.07, 6.45) is 6.44. The zero-order valence-corrected chi connectivity index (χ0v) is 10.5. The van der Waals surface area contributed by atoms with Crippen molar-refractivity contribution in [2.45, 2.75) is 12.8 Å². The third-order valence-corrected chi connectivity index (χ3v) is 3.03. The summed E-state index contributed by atoms with van der Waals surface area (Å²) >= 11 is 1.77. The highest BCUT2D eigenvalue weighted by Crippen LogP contribution is 2.04. The van der Waals surface area contributed by atoms with E-state index in [4.69, 9.17) is 10.5 Å². The van der Waals surface area contributed by atoms with E-state index in [1.54, 1.807) is 11.8 Å². The van der Waals surface area contributed by atoms with E-state index in [1.807, 2.05) is 0 Å². The van der Waals surface area contributed by atoms with E-state index in [9.17, 15) is 4.79 Å². The number of nitrogens with zero attached hydrogens (tertiary/aromatic N) is 2. The van der Waals surface area contributed by atoms with Gasteiger partial charge in [-0.3, -0.25) is 0 Å². The SMILES string of the molecule is NCCCCSCCOC(=O)c1cncnc1. The molecule has 0 aromatic carbocycles. The molecule has 1 rings (SSSR count). The normalized spacial score (nSPS) is 10.2. The molecule has 0 spiro atoms. The summed E-state index contributed by atoms with van der Waals surface area (Å²) in [6.45, 7) is 1.16. The molecule has 0 aliphatic rings. The van der Waals surface area contributed by atoms with Gasteiger partial charge in [0.2, 0.25) is 0 Å². The van der Waals surface area contributed by atoms with Crippen molar-refractivity contribution in [2.24, 2.45) is 5.73 Å². The van der Waals surface area contributed by atoms with E-state index in [1.165, 1.54) is 18.7 Å². The number of hydrogen-bond acceptors (Lipinski definition) is 6. The number of carbonyl (C=O) groups is 1. The molecular formula is C11H17N3O2S. The van der Waals surface area contributed by atoms with Crippen molar-refractivity contribution in [2.75, 3.05) is 24.7 Å². The van der Waals surface area contributed by atoms with Gasteiger partial charge in [0.15, 0.2) is 0 Å². The zero-order valence-electron chi connectivity index (χ0n) is 9.67. The average Bonchev–Trinajstić information content (AvgIpc) is 2.38. The standard InChI is InChI=1S/C11H17N3O2S/c12-3-1-2-5-17-6-4-16-11(15)10-7-13-9-14-8-10/h7-9H,1-6,12H2. The van der Waals surface area contributed by atoms with Crippen LogP contribution < -0.4 is 5.73 Å². The van der Waals surface area contributed by atoms with Crippen LogP contribution in [0.2, 0.25) is 0 Å². The van der Waals surface area contributed by atoms with Gasteiger partial charge in [0.1, 0.15) is 12.9 Å².